The number of furan rings is 1. The molecule has 0 fully saturated rings. The largest absolute Gasteiger partial charge is 0.460 e. The highest BCUT2D eigenvalue weighted by atomic mass is 32.1. The smallest absolute Gasteiger partial charge is 0.135 e. The third kappa shape index (κ3) is 6.28. The zero-order valence-corrected chi connectivity index (χ0v) is 33.7. The van der Waals surface area contributed by atoms with Crippen LogP contribution in [0.2, 0.25) is 0 Å². The first-order valence-corrected chi connectivity index (χ1v) is 21.2. The first-order valence-electron chi connectivity index (χ1n) is 20.4. The van der Waals surface area contributed by atoms with Gasteiger partial charge in [0.25, 0.3) is 0 Å². The van der Waals surface area contributed by atoms with Gasteiger partial charge in [-0.05, 0) is 92.0 Å². The molecule has 2 nitrogen and oxygen atoms in total. The monoisotopic (exact) mass is 785 g/mol. The minimum Gasteiger partial charge on any atom is -0.460 e. The molecule has 60 heavy (non-hydrogen) atoms. The Labute approximate surface area is 352 Å². The Morgan fingerprint density at radius 1 is 0.633 bits per heavy atom. The van der Waals surface area contributed by atoms with Crippen molar-refractivity contribution in [3.8, 4) is 11.1 Å². The first-order chi connectivity index (χ1) is 29.7. The van der Waals surface area contributed by atoms with Crippen LogP contribution < -0.4 is 15.3 Å². The van der Waals surface area contributed by atoms with Crippen molar-refractivity contribution in [3.63, 3.8) is 0 Å². The van der Waals surface area contributed by atoms with Crippen molar-refractivity contribution in [2.75, 3.05) is 4.90 Å². The summed E-state index contributed by atoms with van der Waals surface area (Å²) in [6.45, 7) is 4.07. The van der Waals surface area contributed by atoms with Crippen molar-refractivity contribution >= 4 is 94.1 Å². The van der Waals surface area contributed by atoms with Gasteiger partial charge < -0.3 is 9.32 Å². The minimum atomic E-state index is 0.741. The first kappa shape index (κ1) is 35.7. The van der Waals surface area contributed by atoms with Gasteiger partial charge in [0.05, 0.1) is 16.1 Å². The van der Waals surface area contributed by atoms with E-state index in [4.69, 9.17) is 4.42 Å². The number of allylic oxidation sites excluding steroid dienone is 4. The summed E-state index contributed by atoms with van der Waals surface area (Å²) in [7, 11) is 0. The molecule has 0 unspecified atom stereocenters. The number of para-hydroxylation sites is 1. The number of hydrogen-bond acceptors (Lipinski definition) is 3. The molecular formula is C57H39NOS. The van der Waals surface area contributed by atoms with Gasteiger partial charge in [-0.25, -0.2) is 0 Å². The summed E-state index contributed by atoms with van der Waals surface area (Å²) in [5.74, 6) is 0.992. The summed E-state index contributed by atoms with van der Waals surface area (Å²) in [6, 6.07) is 63.4. The van der Waals surface area contributed by atoms with Gasteiger partial charge in [0, 0.05) is 44.1 Å². The maximum Gasteiger partial charge on any atom is 0.135 e. The van der Waals surface area contributed by atoms with Crippen LogP contribution >= 0.6 is 11.3 Å². The highest BCUT2D eigenvalue weighted by Crippen LogP contribution is 2.48. The van der Waals surface area contributed by atoms with E-state index in [1.165, 1.54) is 41.4 Å². The third-order valence-electron chi connectivity index (χ3n) is 11.7. The lowest BCUT2D eigenvalue weighted by molar-refractivity contribution is 0.568. The molecule has 0 amide bonds. The number of nitrogens with zero attached hydrogens (tertiary/aromatic N) is 1. The van der Waals surface area contributed by atoms with Crippen LogP contribution in [0.25, 0.3) is 76.8 Å². The number of benzene rings is 8. The van der Waals surface area contributed by atoms with Crippen molar-refractivity contribution in [2.24, 2.45) is 0 Å². The van der Waals surface area contributed by atoms with Crippen molar-refractivity contribution in [2.45, 2.75) is 6.42 Å². The molecule has 0 aliphatic heterocycles. The molecule has 0 saturated carbocycles. The lowest BCUT2D eigenvalue weighted by Crippen LogP contribution is -2.22. The fourth-order valence-corrected chi connectivity index (χ4v) is 10.0. The van der Waals surface area contributed by atoms with E-state index < -0.39 is 0 Å². The SMILES string of the molecule is C=C/C=C(\C=C\c1ccc2ccccc2c1)c1ccc(N(c2ccccc2-c2cccc3oc4c(c23)C=c2ccccc2=CC4)c2cccc3c2sc2ccccc23)cc1. The number of anilines is 3. The highest BCUT2D eigenvalue weighted by Gasteiger charge is 2.24. The summed E-state index contributed by atoms with van der Waals surface area (Å²) in [6.07, 6.45) is 13.6. The van der Waals surface area contributed by atoms with Crippen molar-refractivity contribution in [1.82, 2.24) is 0 Å². The molecule has 1 aliphatic rings. The Balaban J connectivity index is 1.08. The maximum atomic E-state index is 6.65. The van der Waals surface area contributed by atoms with E-state index in [-0.39, 0.29) is 0 Å². The fourth-order valence-electron chi connectivity index (χ4n) is 8.82. The van der Waals surface area contributed by atoms with E-state index in [1.54, 1.807) is 0 Å². The molecule has 1 aliphatic carbocycles. The van der Waals surface area contributed by atoms with Crippen LogP contribution in [-0.2, 0) is 6.42 Å². The van der Waals surface area contributed by atoms with Crippen LogP contribution in [0.4, 0.5) is 17.1 Å². The summed E-state index contributed by atoms with van der Waals surface area (Å²) in [4.78, 5) is 2.45. The van der Waals surface area contributed by atoms with Crippen molar-refractivity contribution in [1.29, 1.82) is 0 Å². The Morgan fingerprint density at radius 3 is 2.27 bits per heavy atom. The van der Waals surface area contributed by atoms with Crippen molar-refractivity contribution in [3.05, 3.63) is 234 Å². The van der Waals surface area contributed by atoms with E-state index in [0.717, 1.165) is 73.6 Å². The molecule has 0 radical (unpaired) electrons. The van der Waals surface area contributed by atoms with Crippen molar-refractivity contribution < 1.29 is 4.42 Å². The van der Waals surface area contributed by atoms with Gasteiger partial charge in [-0.2, -0.15) is 0 Å². The molecule has 8 aromatic carbocycles. The summed E-state index contributed by atoms with van der Waals surface area (Å²) in [5.41, 5.74) is 11.0. The normalized spacial score (nSPS) is 12.6. The zero-order valence-electron chi connectivity index (χ0n) is 32.9. The zero-order chi connectivity index (χ0) is 40.0. The lowest BCUT2D eigenvalue weighted by atomic mass is 9.95. The Morgan fingerprint density at radius 2 is 1.37 bits per heavy atom. The number of hydrogen-bond donors (Lipinski definition) is 0. The van der Waals surface area contributed by atoms with Crippen LogP contribution in [-0.4, -0.2) is 0 Å². The van der Waals surface area contributed by atoms with Crippen LogP contribution in [0, 0.1) is 0 Å². The number of rotatable bonds is 8. The summed E-state index contributed by atoms with van der Waals surface area (Å²) in [5, 5.41) is 8.58. The van der Waals surface area contributed by atoms with Gasteiger partial charge in [0.1, 0.15) is 11.3 Å². The highest BCUT2D eigenvalue weighted by molar-refractivity contribution is 7.26. The van der Waals surface area contributed by atoms with Gasteiger partial charge in [0.2, 0.25) is 0 Å². The standard InChI is InChI=1S/C57H39NOS/c1-2-13-39(28-26-38-27-29-40-14-3-5-16-43(40)36-38)42-30-33-45(34-31-42)58(52-23-11-21-49-47-19-8-10-25-55(47)60-57(49)52)51-22-9-7-18-46(51)48-20-12-24-54-56(48)50-37-44-17-6-4-15-41(44)32-35-53(50)59-54/h2-34,36-37H,1,35H2/b28-26+,39-13+. The Kier molecular flexibility index (Phi) is 8.95. The van der Waals surface area contributed by atoms with Gasteiger partial charge >= 0.3 is 0 Å². The lowest BCUT2D eigenvalue weighted by Gasteiger charge is -2.28. The molecule has 3 heteroatoms. The number of thiophene rings is 1. The quantitative estimate of drug-likeness (QED) is 0.143. The molecule has 2 heterocycles. The minimum absolute atomic E-state index is 0.741. The van der Waals surface area contributed by atoms with Crippen LogP contribution in [0.5, 0.6) is 0 Å². The Bertz CT molecular complexity index is 3490. The van der Waals surface area contributed by atoms with Gasteiger partial charge in [-0.15, -0.1) is 11.3 Å². The molecule has 2 aromatic heterocycles. The van der Waals surface area contributed by atoms with Crippen LogP contribution in [0.15, 0.2) is 205 Å². The second-order valence-electron chi connectivity index (χ2n) is 15.2. The molecule has 0 bridgehead atoms. The predicted octanol–water partition coefficient (Wildman–Crippen LogP) is 14.5. The van der Waals surface area contributed by atoms with Crippen LogP contribution in [0.3, 0.4) is 0 Å². The summed E-state index contributed by atoms with van der Waals surface area (Å²) >= 11 is 1.85. The molecule has 10 aromatic rings. The summed E-state index contributed by atoms with van der Waals surface area (Å²) < 4.78 is 9.18. The van der Waals surface area contributed by atoms with Gasteiger partial charge in [-0.3, -0.25) is 0 Å². The second-order valence-corrected chi connectivity index (χ2v) is 16.3. The molecule has 0 spiro atoms. The molecule has 11 rings (SSSR count). The molecular weight excluding hydrogens is 747 g/mol. The third-order valence-corrected chi connectivity index (χ3v) is 12.9. The van der Waals surface area contributed by atoms with Crippen LogP contribution in [0.1, 0.15) is 22.5 Å². The van der Waals surface area contributed by atoms with E-state index >= 15 is 0 Å². The average Bonchev–Trinajstić information content (AvgIpc) is 3.80. The Hall–Kier alpha value is -7.46. The molecule has 284 valence electrons. The fraction of sp³-hybridized carbons (Fsp3) is 0.0175. The maximum absolute atomic E-state index is 6.65. The van der Waals surface area contributed by atoms with E-state index in [0.29, 0.717) is 0 Å². The van der Waals surface area contributed by atoms with E-state index in [1.807, 2.05) is 17.4 Å². The topological polar surface area (TPSA) is 16.4 Å². The molecule has 0 atom stereocenters. The van der Waals surface area contributed by atoms with E-state index in [2.05, 4.69) is 218 Å². The number of fused-ring (bicyclic) bond motifs is 8. The predicted molar refractivity (Wildman–Crippen MR) is 258 cm³/mol. The molecule has 0 N–H and O–H groups in total. The van der Waals surface area contributed by atoms with Gasteiger partial charge in [0.15, 0.2) is 0 Å². The second kappa shape index (κ2) is 15.0. The van der Waals surface area contributed by atoms with Gasteiger partial charge in [-0.1, -0.05) is 170 Å². The van der Waals surface area contributed by atoms with E-state index in [9.17, 15) is 0 Å². The molecule has 0 saturated heterocycles. The average molecular weight is 786 g/mol.